The molecule has 0 fully saturated rings. The second-order valence-corrected chi connectivity index (χ2v) is 4.35. The van der Waals surface area contributed by atoms with Crippen molar-refractivity contribution in [3.8, 4) is 11.6 Å². The highest BCUT2D eigenvalue weighted by Gasteiger charge is 2.27. The first-order valence-corrected chi connectivity index (χ1v) is 6.07. The first kappa shape index (κ1) is 13.3. The maximum absolute atomic E-state index is 9.64. The molecule has 3 rings (SSSR count). The van der Waals surface area contributed by atoms with Crippen molar-refractivity contribution in [2.45, 2.75) is 6.61 Å². The van der Waals surface area contributed by atoms with Crippen molar-refractivity contribution in [2.75, 3.05) is 0 Å². The number of amidine groups is 1. The van der Waals surface area contributed by atoms with E-state index in [0.29, 0.717) is 17.8 Å². The van der Waals surface area contributed by atoms with Crippen LogP contribution >= 0.6 is 0 Å². The third kappa shape index (κ3) is 2.64. The van der Waals surface area contributed by atoms with Gasteiger partial charge in [0.15, 0.2) is 5.84 Å². The summed E-state index contributed by atoms with van der Waals surface area (Å²) < 4.78 is 10.6. The van der Waals surface area contributed by atoms with Crippen LogP contribution in [-0.2, 0) is 11.3 Å². The fourth-order valence-electron chi connectivity index (χ4n) is 1.93. The summed E-state index contributed by atoms with van der Waals surface area (Å²) in [4.78, 5) is 7.96. The summed E-state index contributed by atoms with van der Waals surface area (Å²) in [6.07, 6.45) is 2.68. The standard InChI is InChI=1S/C12H11BN4O4/c14-12(17-19)10-4-16-11(5-15-10)21-8-2-1-7-6-20-13(18)9(7)3-8/h1-5,18-19H,6H2,(H2,14,17). The quantitative estimate of drug-likeness (QED) is 0.230. The van der Waals surface area contributed by atoms with Crippen LogP contribution in [0.2, 0.25) is 0 Å². The second kappa shape index (κ2) is 5.39. The molecule has 0 saturated carbocycles. The lowest BCUT2D eigenvalue weighted by atomic mass is 9.79. The van der Waals surface area contributed by atoms with Crippen LogP contribution in [0.1, 0.15) is 11.3 Å². The number of nitrogens with zero attached hydrogens (tertiary/aromatic N) is 3. The van der Waals surface area contributed by atoms with Crippen LogP contribution in [0.25, 0.3) is 0 Å². The molecule has 0 aliphatic carbocycles. The Morgan fingerprint density at radius 3 is 2.95 bits per heavy atom. The first-order chi connectivity index (χ1) is 10.2. The number of oxime groups is 1. The van der Waals surface area contributed by atoms with Crippen molar-refractivity contribution < 1.29 is 19.6 Å². The summed E-state index contributed by atoms with van der Waals surface area (Å²) in [5.74, 6) is 0.619. The average molecular weight is 286 g/mol. The lowest BCUT2D eigenvalue weighted by Crippen LogP contribution is -2.27. The number of nitrogens with two attached hydrogens (primary N) is 1. The molecule has 21 heavy (non-hydrogen) atoms. The molecule has 0 bridgehead atoms. The molecule has 0 saturated heterocycles. The number of benzene rings is 1. The highest BCUT2D eigenvalue weighted by molar-refractivity contribution is 6.61. The molecular weight excluding hydrogens is 275 g/mol. The smallest absolute Gasteiger partial charge is 0.438 e. The number of hydrogen-bond donors (Lipinski definition) is 3. The molecule has 0 atom stereocenters. The summed E-state index contributed by atoms with van der Waals surface area (Å²) in [6.45, 7) is 0.380. The Hall–Kier alpha value is -2.65. The molecule has 4 N–H and O–H groups in total. The van der Waals surface area contributed by atoms with Gasteiger partial charge < -0.3 is 25.4 Å². The Kier molecular flexibility index (Phi) is 3.42. The van der Waals surface area contributed by atoms with E-state index >= 15 is 0 Å². The zero-order valence-corrected chi connectivity index (χ0v) is 10.8. The molecular formula is C12H11BN4O4. The lowest BCUT2D eigenvalue weighted by Gasteiger charge is -2.06. The fourth-order valence-corrected chi connectivity index (χ4v) is 1.93. The van der Waals surface area contributed by atoms with Gasteiger partial charge in [0.1, 0.15) is 11.4 Å². The normalized spacial score (nSPS) is 14.1. The molecule has 0 amide bonds. The number of fused-ring (bicyclic) bond motifs is 1. The van der Waals surface area contributed by atoms with Crippen LogP contribution < -0.4 is 15.9 Å². The van der Waals surface area contributed by atoms with Crippen molar-refractivity contribution in [1.82, 2.24) is 9.97 Å². The zero-order chi connectivity index (χ0) is 14.8. The van der Waals surface area contributed by atoms with Gasteiger partial charge in [-0.1, -0.05) is 11.2 Å². The van der Waals surface area contributed by atoms with E-state index in [2.05, 4.69) is 15.1 Å². The van der Waals surface area contributed by atoms with E-state index in [1.165, 1.54) is 12.4 Å². The van der Waals surface area contributed by atoms with Crippen LogP contribution in [0, 0.1) is 0 Å². The van der Waals surface area contributed by atoms with E-state index in [-0.39, 0.29) is 17.4 Å². The van der Waals surface area contributed by atoms with Crippen molar-refractivity contribution >= 4 is 18.4 Å². The Bertz CT molecular complexity index is 692. The maximum atomic E-state index is 9.64. The molecule has 9 heteroatoms. The van der Waals surface area contributed by atoms with Crippen molar-refractivity contribution in [1.29, 1.82) is 0 Å². The predicted octanol–water partition coefficient (Wildman–Crippen LogP) is -0.419. The number of hydrogen-bond acceptors (Lipinski definition) is 7. The van der Waals surface area contributed by atoms with Gasteiger partial charge in [0, 0.05) is 0 Å². The largest absolute Gasteiger partial charge is 0.491 e. The number of aromatic nitrogens is 2. The molecule has 2 aromatic rings. The minimum Gasteiger partial charge on any atom is -0.438 e. The maximum Gasteiger partial charge on any atom is 0.491 e. The molecule has 1 aliphatic heterocycles. The summed E-state index contributed by atoms with van der Waals surface area (Å²) in [5, 5.41) is 21.0. The third-order valence-electron chi connectivity index (χ3n) is 3.00. The second-order valence-electron chi connectivity index (χ2n) is 4.35. The zero-order valence-electron chi connectivity index (χ0n) is 10.8. The van der Waals surface area contributed by atoms with E-state index in [9.17, 15) is 5.02 Å². The molecule has 1 aliphatic rings. The van der Waals surface area contributed by atoms with Crippen LogP contribution in [-0.4, -0.2) is 33.2 Å². The third-order valence-corrected chi connectivity index (χ3v) is 3.00. The van der Waals surface area contributed by atoms with Gasteiger partial charge in [-0.05, 0) is 23.2 Å². The minimum atomic E-state index is -0.933. The van der Waals surface area contributed by atoms with Gasteiger partial charge in [-0.15, -0.1) is 0 Å². The van der Waals surface area contributed by atoms with Crippen molar-refractivity contribution in [2.24, 2.45) is 10.9 Å². The summed E-state index contributed by atoms with van der Waals surface area (Å²) in [5.41, 5.74) is 7.22. The van der Waals surface area contributed by atoms with Gasteiger partial charge in [-0.3, -0.25) is 0 Å². The Labute approximate surface area is 120 Å². The summed E-state index contributed by atoms with van der Waals surface area (Å²) >= 11 is 0. The Morgan fingerprint density at radius 2 is 2.24 bits per heavy atom. The molecule has 0 radical (unpaired) electrons. The highest BCUT2D eigenvalue weighted by atomic mass is 16.5. The SMILES string of the molecule is N/C(=N\O)c1cnc(Oc2ccc3c(c2)B(O)OC3)cn1. The minimum absolute atomic E-state index is 0.133. The van der Waals surface area contributed by atoms with Crippen molar-refractivity contribution in [3.05, 3.63) is 41.9 Å². The van der Waals surface area contributed by atoms with Crippen molar-refractivity contribution in [3.63, 3.8) is 0 Å². The molecule has 1 aromatic heterocycles. The van der Waals surface area contributed by atoms with Gasteiger partial charge in [0.05, 0.1) is 19.0 Å². The molecule has 1 aromatic carbocycles. The lowest BCUT2D eigenvalue weighted by molar-refractivity contribution is 0.275. The number of rotatable bonds is 3. The van der Waals surface area contributed by atoms with Gasteiger partial charge in [-0.2, -0.15) is 0 Å². The molecule has 0 spiro atoms. The molecule has 106 valence electrons. The van der Waals surface area contributed by atoms with E-state index in [1.807, 2.05) is 6.07 Å². The molecule has 8 nitrogen and oxygen atoms in total. The highest BCUT2D eigenvalue weighted by Crippen LogP contribution is 2.20. The Morgan fingerprint density at radius 1 is 1.38 bits per heavy atom. The van der Waals surface area contributed by atoms with Crippen LogP contribution in [0.4, 0.5) is 0 Å². The molecule has 2 heterocycles. The van der Waals surface area contributed by atoms with E-state index < -0.39 is 7.12 Å². The van der Waals surface area contributed by atoms with Gasteiger partial charge in [0.25, 0.3) is 0 Å². The monoisotopic (exact) mass is 286 g/mol. The number of ether oxygens (including phenoxy) is 1. The Balaban J connectivity index is 1.79. The molecule has 0 unspecified atom stereocenters. The van der Waals surface area contributed by atoms with Gasteiger partial charge in [-0.25, -0.2) is 9.97 Å². The van der Waals surface area contributed by atoms with E-state index in [1.54, 1.807) is 12.1 Å². The summed E-state index contributed by atoms with van der Waals surface area (Å²) in [6, 6.07) is 5.25. The van der Waals surface area contributed by atoms with Crippen LogP contribution in [0.3, 0.4) is 0 Å². The average Bonchev–Trinajstić information content (AvgIpc) is 2.88. The fraction of sp³-hybridized carbons (Fsp3) is 0.0833. The van der Waals surface area contributed by atoms with Crippen LogP contribution in [0.5, 0.6) is 11.6 Å². The van der Waals surface area contributed by atoms with Crippen LogP contribution in [0.15, 0.2) is 35.7 Å². The van der Waals surface area contributed by atoms with E-state index in [0.717, 1.165) is 5.56 Å². The predicted molar refractivity (Wildman–Crippen MR) is 73.5 cm³/mol. The first-order valence-electron chi connectivity index (χ1n) is 6.07. The topological polar surface area (TPSA) is 123 Å². The van der Waals surface area contributed by atoms with Gasteiger partial charge in [0.2, 0.25) is 5.88 Å². The summed E-state index contributed by atoms with van der Waals surface area (Å²) in [7, 11) is -0.933. The van der Waals surface area contributed by atoms with E-state index in [4.69, 9.17) is 20.3 Å². The van der Waals surface area contributed by atoms with Gasteiger partial charge >= 0.3 is 7.12 Å².